The molecule has 3 aromatic rings. The van der Waals surface area contributed by atoms with Gasteiger partial charge in [-0.2, -0.15) is 5.10 Å². The first-order chi connectivity index (χ1) is 14.1. The molecular weight excluding hydrogens is 364 g/mol. The lowest BCUT2D eigenvalue weighted by atomic mass is 9.81. The first-order valence-corrected chi connectivity index (χ1v) is 10.5. The van der Waals surface area contributed by atoms with E-state index in [0.717, 1.165) is 54.8 Å². The molecule has 1 saturated carbocycles. The van der Waals surface area contributed by atoms with Crippen molar-refractivity contribution < 1.29 is 5.11 Å². The molecule has 1 atom stereocenters. The Labute approximate surface area is 171 Å². The summed E-state index contributed by atoms with van der Waals surface area (Å²) in [6, 6.07) is 7.31. The Balaban J connectivity index is 1.39. The van der Waals surface area contributed by atoms with Crippen molar-refractivity contribution in [1.29, 1.82) is 0 Å². The Morgan fingerprint density at radius 3 is 2.79 bits per heavy atom. The molecule has 0 unspecified atom stereocenters. The number of aromatic nitrogens is 4. The first-order valence-electron chi connectivity index (χ1n) is 10.5. The van der Waals surface area contributed by atoms with Crippen LogP contribution >= 0.6 is 0 Å². The third kappa shape index (κ3) is 3.49. The zero-order chi connectivity index (χ0) is 20.0. The van der Waals surface area contributed by atoms with Gasteiger partial charge in [-0.1, -0.05) is 0 Å². The summed E-state index contributed by atoms with van der Waals surface area (Å²) in [6.07, 6.45) is 7.74. The standard InChI is InChI=1S/C22H28N6O/c1-15-12-27(6-5-26(15)2)18-3-4-20-21(9-18)25-22(11-23-20)17-10-24-28(13-17)19-7-16(8-19)14-29/h3-4,9-11,13,15-16,19,29H,5-8,12,14H2,1-2H3/t15-,16?,19?/m1/s1. The van der Waals surface area contributed by atoms with Crippen LogP contribution in [-0.2, 0) is 0 Å². The van der Waals surface area contributed by atoms with Gasteiger partial charge in [-0.05, 0) is 50.9 Å². The molecule has 1 saturated heterocycles. The van der Waals surface area contributed by atoms with Crippen molar-refractivity contribution in [1.82, 2.24) is 24.6 Å². The van der Waals surface area contributed by atoms with E-state index < -0.39 is 0 Å². The van der Waals surface area contributed by atoms with Crippen molar-refractivity contribution in [2.45, 2.75) is 31.8 Å². The van der Waals surface area contributed by atoms with E-state index in [4.69, 9.17) is 4.98 Å². The lowest BCUT2D eigenvalue weighted by Crippen LogP contribution is -2.50. The van der Waals surface area contributed by atoms with Gasteiger partial charge in [-0.25, -0.2) is 4.98 Å². The summed E-state index contributed by atoms with van der Waals surface area (Å²) in [7, 11) is 2.19. The summed E-state index contributed by atoms with van der Waals surface area (Å²) in [5, 5.41) is 13.7. The van der Waals surface area contributed by atoms with Crippen molar-refractivity contribution >= 4 is 16.7 Å². The summed E-state index contributed by atoms with van der Waals surface area (Å²) >= 11 is 0. The molecule has 7 nitrogen and oxygen atoms in total. The van der Waals surface area contributed by atoms with E-state index in [1.165, 1.54) is 5.69 Å². The van der Waals surface area contributed by atoms with Gasteiger partial charge in [0.25, 0.3) is 0 Å². The van der Waals surface area contributed by atoms with Crippen molar-refractivity contribution in [3.63, 3.8) is 0 Å². The van der Waals surface area contributed by atoms with Crippen LogP contribution in [0.4, 0.5) is 5.69 Å². The summed E-state index contributed by atoms with van der Waals surface area (Å²) < 4.78 is 2.01. The van der Waals surface area contributed by atoms with E-state index in [1.54, 1.807) is 0 Å². The first kappa shape index (κ1) is 18.5. The number of aliphatic hydroxyl groups is 1. The highest BCUT2D eigenvalue weighted by molar-refractivity contribution is 5.81. The summed E-state index contributed by atoms with van der Waals surface area (Å²) in [5.41, 5.74) is 4.89. The molecule has 2 fully saturated rings. The maximum atomic E-state index is 9.22. The lowest BCUT2D eigenvalue weighted by Gasteiger charge is -2.39. The Hall–Kier alpha value is -2.51. The minimum atomic E-state index is 0.273. The monoisotopic (exact) mass is 392 g/mol. The number of piperazine rings is 1. The van der Waals surface area contributed by atoms with Crippen molar-refractivity contribution in [2.75, 3.05) is 38.2 Å². The second kappa shape index (κ2) is 7.39. The molecule has 7 heteroatoms. The van der Waals surface area contributed by atoms with E-state index in [9.17, 15) is 5.11 Å². The highest BCUT2D eigenvalue weighted by atomic mass is 16.3. The average Bonchev–Trinajstić information content (AvgIpc) is 3.18. The Morgan fingerprint density at radius 1 is 1.14 bits per heavy atom. The topological polar surface area (TPSA) is 70.3 Å². The zero-order valence-electron chi connectivity index (χ0n) is 17.1. The predicted molar refractivity (Wildman–Crippen MR) is 114 cm³/mol. The fraction of sp³-hybridized carbons (Fsp3) is 0.500. The number of hydrogen-bond acceptors (Lipinski definition) is 6. The highest BCUT2D eigenvalue weighted by Gasteiger charge is 2.30. The number of fused-ring (bicyclic) bond motifs is 1. The van der Waals surface area contributed by atoms with Crippen LogP contribution in [0.1, 0.15) is 25.8 Å². The molecule has 1 aliphatic heterocycles. The molecule has 0 bridgehead atoms. The van der Waals surface area contributed by atoms with E-state index in [0.29, 0.717) is 18.0 Å². The molecular formula is C22H28N6O. The Kier molecular flexibility index (Phi) is 4.72. The van der Waals surface area contributed by atoms with Crippen LogP contribution < -0.4 is 4.90 Å². The normalized spacial score (nSPS) is 25.3. The van der Waals surface area contributed by atoms with Gasteiger partial charge in [-0.3, -0.25) is 9.67 Å². The number of hydrogen-bond donors (Lipinski definition) is 1. The van der Waals surface area contributed by atoms with Gasteiger partial charge in [0.15, 0.2) is 0 Å². The van der Waals surface area contributed by atoms with E-state index in [2.05, 4.69) is 58.2 Å². The molecule has 29 heavy (non-hydrogen) atoms. The van der Waals surface area contributed by atoms with Crippen LogP contribution in [0, 0.1) is 5.92 Å². The number of anilines is 1. The molecule has 3 heterocycles. The van der Waals surface area contributed by atoms with Gasteiger partial charge in [0.05, 0.1) is 35.2 Å². The van der Waals surface area contributed by atoms with E-state index in [1.807, 2.05) is 17.1 Å². The molecule has 0 spiro atoms. The third-order valence-corrected chi connectivity index (χ3v) is 6.59. The number of likely N-dealkylation sites (N-methyl/N-ethyl adjacent to an activating group) is 1. The van der Waals surface area contributed by atoms with Crippen molar-refractivity contribution in [2.24, 2.45) is 5.92 Å². The third-order valence-electron chi connectivity index (χ3n) is 6.59. The second-order valence-corrected chi connectivity index (χ2v) is 8.59. The van der Waals surface area contributed by atoms with Gasteiger partial charge in [0.1, 0.15) is 0 Å². The van der Waals surface area contributed by atoms with Crippen LogP contribution in [0.25, 0.3) is 22.3 Å². The predicted octanol–water partition coefficient (Wildman–Crippen LogP) is 2.58. The zero-order valence-corrected chi connectivity index (χ0v) is 17.1. The molecule has 5 rings (SSSR count). The maximum absolute atomic E-state index is 9.22. The number of nitrogens with zero attached hydrogens (tertiary/aromatic N) is 6. The SMILES string of the molecule is C[C@@H]1CN(c2ccc3ncc(-c4cnn(C5CC(CO)C5)c4)nc3c2)CCN1C. The van der Waals surface area contributed by atoms with Gasteiger partial charge in [-0.15, -0.1) is 0 Å². The van der Waals surface area contributed by atoms with Crippen molar-refractivity contribution in [3.8, 4) is 11.3 Å². The lowest BCUT2D eigenvalue weighted by molar-refractivity contribution is 0.105. The summed E-state index contributed by atoms with van der Waals surface area (Å²) in [4.78, 5) is 14.4. The molecule has 152 valence electrons. The Morgan fingerprint density at radius 2 is 2.00 bits per heavy atom. The quantitative estimate of drug-likeness (QED) is 0.736. The minimum absolute atomic E-state index is 0.273. The summed E-state index contributed by atoms with van der Waals surface area (Å²) in [5.74, 6) is 0.420. The molecule has 2 aliphatic rings. The highest BCUT2D eigenvalue weighted by Crippen LogP contribution is 2.37. The molecule has 0 radical (unpaired) electrons. The van der Waals surface area contributed by atoms with Crippen molar-refractivity contribution in [3.05, 3.63) is 36.8 Å². The van der Waals surface area contributed by atoms with Crippen LogP contribution in [0.15, 0.2) is 36.8 Å². The molecule has 2 aromatic heterocycles. The fourth-order valence-electron chi connectivity index (χ4n) is 4.35. The largest absolute Gasteiger partial charge is 0.396 e. The molecule has 0 amide bonds. The van der Waals surface area contributed by atoms with Gasteiger partial charge in [0.2, 0.25) is 0 Å². The smallest absolute Gasteiger partial charge is 0.0924 e. The van der Waals surface area contributed by atoms with E-state index >= 15 is 0 Å². The van der Waals surface area contributed by atoms with Crippen LogP contribution in [0.2, 0.25) is 0 Å². The van der Waals surface area contributed by atoms with E-state index in [-0.39, 0.29) is 6.61 Å². The molecule has 1 N–H and O–H groups in total. The number of aliphatic hydroxyl groups excluding tert-OH is 1. The van der Waals surface area contributed by atoms with Crippen LogP contribution in [0.5, 0.6) is 0 Å². The van der Waals surface area contributed by atoms with Gasteiger partial charge in [0, 0.05) is 49.7 Å². The van der Waals surface area contributed by atoms with Gasteiger partial charge < -0.3 is 14.9 Å². The van der Waals surface area contributed by atoms with Crippen LogP contribution in [-0.4, -0.2) is 69.1 Å². The average molecular weight is 393 g/mol. The van der Waals surface area contributed by atoms with Crippen LogP contribution in [0.3, 0.4) is 0 Å². The fourth-order valence-corrected chi connectivity index (χ4v) is 4.35. The maximum Gasteiger partial charge on any atom is 0.0924 e. The minimum Gasteiger partial charge on any atom is -0.396 e. The Bertz CT molecular complexity index is 1010. The number of rotatable bonds is 4. The number of benzene rings is 1. The summed E-state index contributed by atoms with van der Waals surface area (Å²) in [6.45, 7) is 5.67. The molecule has 1 aliphatic carbocycles. The second-order valence-electron chi connectivity index (χ2n) is 8.59. The molecule has 1 aromatic carbocycles. The van der Waals surface area contributed by atoms with Gasteiger partial charge >= 0.3 is 0 Å².